The number of hydrogen-bond acceptors (Lipinski definition) is 3. The van der Waals surface area contributed by atoms with Crippen LogP contribution in [0.1, 0.15) is 38.7 Å². The predicted octanol–water partition coefficient (Wildman–Crippen LogP) is 10.4. The maximum Gasteiger partial charge on any atom is 0.119 e. The van der Waals surface area contributed by atoms with E-state index >= 15 is 0 Å². The van der Waals surface area contributed by atoms with Crippen LogP contribution in [0.25, 0.3) is 5.57 Å². The van der Waals surface area contributed by atoms with Gasteiger partial charge in [0.1, 0.15) is 5.75 Å². The molecule has 0 saturated heterocycles. The molecule has 1 atom stereocenters. The van der Waals surface area contributed by atoms with Gasteiger partial charge in [0.25, 0.3) is 0 Å². The van der Waals surface area contributed by atoms with Gasteiger partial charge in [-0.05, 0) is 111 Å². The fourth-order valence-corrected chi connectivity index (χ4v) is 5.96. The third-order valence-corrected chi connectivity index (χ3v) is 8.23. The van der Waals surface area contributed by atoms with Gasteiger partial charge in [-0.1, -0.05) is 78.4 Å². The molecule has 3 heteroatoms. The number of ether oxygens (including phenoxy) is 1. The summed E-state index contributed by atoms with van der Waals surface area (Å²) in [5, 5.41) is 0. The van der Waals surface area contributed by atoms with E-state index in [0.717, 1.165) is 30.7 Å². The van der Waals surface area contributed by atoms with Crippen LogP contribution in [0.2, 0.25) is 0 Å². The summed E-state index contributed by atoms with van der Waals surface area (Å²) in [6.45, 7) is 4.53. The summed E-state index contributed by atoms with van der Waals surface area (Å²) < 4.78 is 5.42. The smallest absolute Gasteiger partial charge is 0.119 e. The van der Waals surface area contributed by atoms with Gasteiger partial charge in [0.15, 0.2) is 0 Å². The molecule has 210 valence electrons. The van der Waals surface area contributed by atoms with Crippen LogP contribution in [-0.4, -0.2) is 12.6 Å². The molecule has 0 fully saturated rings. The largest absolute Gasteiger partial charge is 0.497 e. The van der Waals surface area contributed by atoms with Crippen molar-refractivity contribution >= 4 is 28.3 Å². The summed E-state index contributed by atoms with van der Waals surface area (Å²) in [4.78, 5) is 4.78. The molecule has 42 heavy (non-hydrogen) atoms. The fourth-order valence-electron chi connectivity index (χ4n) is 5.96. The Labute approximate surface area is 250 Å². The molecule has 3 nitrogen and oxygen atoms in total. The third-order valence-electron chi connectivity index (χ3n) is 8.23. The van der Waals surface area contributed by atoms with E-state index < -0.39 is 0 Å². The molecular formula is C39H38N2O. The molecule has 0 radical (unpaired) electrons. The molecular weight excluding hydrogens is 512 g/mol. The minimum atomic E-state index is -0.221. The van der Waals surface area contributed by atoms with Crippen molar-refractivity contribution in [2.45, 2.75) is 38.6 Å². The molecule has 4 aromatic rings. The van der Waals surface area contributed by atoms with Crippen molar-refractivity contribution in [2.75, 3.05) is 16.9 Å². The van der Waals surface area contributed by atoms with E-state index in [4.69, 9.17) is 4.74 Å². The minimum Gasteiger partial charge on any atom is -0.497 e. The van der Waals surface area contributed by atoms with Crippen molar-refractivity contribution in [1.29, 1.82) is 0 Å². The lowest BCUT2D eigenvalue weighted by molar-refractivity contribution is 0.414. The van der Waals surface area contributed by atoms with E-state index in [9.17, 15) is 0 Å². The first-order valence-electron chi connectivity index (χ1n) is 14.8. The fraction of sp³-hybridized carbons (Fsp3) is 0.179. The highest BCUT2D eigenvalue weighted by Gasteiger charge is 2.32. The van der Waals surface area contributed by atoms with Crippen LogP contribution in [0.15, 0.2) is 151 Å². The number of benzene rings is 4. The SMILES string of the molecule is COc1ccc(N(c2ccccc2)C2(C)C=CC(c3ccc(N(C4=CCCC(C)=C4)c4ccccc4)cc3)=CC2)cc1. The quantitative estimate of drug-likeness (QED) is 0.217. The molecule has 2 aliphatic carbocycles. The second-order valence-corrected chi connectivity index (χ2v) is 11.3. The summed E-state index contributed by atoms with van der Waals surface area (Å²) in [6, 6.07) is 38.6. The van der Waals surface area contributed by atoms with Gasteiger partial charge in [-0.25, -0.2) is 0 Å². The van der Waals surface area contributed by atoms with Gasteiger partial charge in [0, 0.05) is 28.4 Å². The number of methoxy groups -OCH3 is 1. The van der Waals surface area contributed by atoms with Gasteiger partial charge < -0.3 is 14.5 Å². The Hall–Kier alpha value is -4.76. The molecule has 0 aliphatic heterocycles. The van der Waals surface area contributed by atoms with Crippen LogP contribution in [0, 0.1) is 0 Å². The predicted molar refractivity (Wildman–Crippen MR) is 178 cm³/mol. The summed E-state index contributed by atoms with van der Waals surface area (Å²) >= 11 is 0. The second-order valence-electron chi connectivity index (χ2n) is 11.3. The standard InChI is InChI=1S/C39H38N2O/c1-30-11-10-16-37(29-30)40(33-12-6-4-7-13-33)34-19-17-31(18-20-34)32-25-27-39(2,28-26-32)41(35-14-8-5-9-15-35)36-21-23-38(42-3)24-22-36/h4-9,12-27,29H,10-11,28H2,1-3H3. The number of para-hydroxylation sites is 2. The van der Waals surface area contributed by atoms with E-state index in [0.29, 0.717) is 0 Å². The monoisotopic (exact) mass is 550 g/mol. The number of nitrogens with zero attached hydrogens (tertiary/aromatic N) is 2. The molecule has 6 rings (SSSR count). The Morgan fingerprint density at radius 3 is 1.88 bits per heavy atom. The Kier molecular flexibility index (Phi) is 7.83. The Balaban J connectivity index is 1.28. The molecule has 0 spiro atoms. The van der Waals surface area contributed by atoms with Crippen molar-refractivity contribution < 1.29 is 4.74 Å². The second kappa shape index (κ2) is 12.0. The van der Waals surface area contributed by atoms with Gasteiger partial charge in [-0.2, -0.15) is 0 Å². The zero-order valence-corrected chi connectivity index (χ0v) is 24.7. The number of anilines is 4. The van der Waals surface area contributed by atoms with Crippen LogP contribution in [0.3, 0.4) is 0 Å². The molecule has 0 bridgehead atoms. The van der Waals surface area contributed by atoms with E-state index in [1.54, 1.807) is 7.11 Å². The normalized spacial score (nSPS) is 18.0. The van der Waals surface area contributed by atoms with Crippen LogP contribution < -0.4 is 14.5 Å². The number of rotatable bonds is 8. The Morgan fingerprint density at radius 1 is 0.690 bits per heavy atom. The van der Waals surface area contributed by atoms with Crippen molar-refractivity contribution in [3.8, 4) is 5.75 Å². The summed E-state index contributed by atoms with van der Waals surface area (Å²) in [5.74, 6) is 0.860. The van der Waals surface area contributed by atoms with Crippen molar-refractivity contribution in [3.05, 3.63) is 156 Å². The van der Waals surface area contributed by atoms with Crippen molar-refractivity contribution in [1.82, 2.24) is 0 Å². The molecule has 4 aromatic carbocycles. The van der Waals surface area contributed by atoms with Crippen LogP contribution >= 0.6 is 0 Å². The average Bonchev–Trinajstić information content (AvgIpc) is 3.03. The lowest BCUT2D eigenvalue weighted by atomic mass is 9.85. The molecule has 0 amide bonds. The van der Waals surface area contributed by atoms with E-state index in [1.807, 2.05) is 12.1 Å². The summed E-state index contributed by atoms with van der Waals surface area (Å²) in [5.41, 5.74) is 9.56. The molecule has 0 heterocycles. The zero-order chi connectivity index (χ0) is 28.9. The maximum absolute atomic E-state index is 5.42. The van der Waals surface area contributed by atoms with Gasteiger partial charge in [0.05, 0.1) is 12.6 Å². The zero-order valence-electron chi connectivity index (χ0n) is 24.7. The van der Waals surface area contributed by atoms with Gasteiger partial charge in [-0.15, -0.1) is 0 Å². The number of hydrogen-bond donors (Lipinski definition) is 0. The first-order chi connectivity index (χ1) is 20.5. The first-order valence-corrected chi connectivity index (χ1v) is 14.8. The van der Waals surface area contributed by atoms with Crippen LogP contribution in [-0.2, 0) is 0 Å². The van der Waals surface area contributed by atoms with E-state index in [1.165, 1.54) is 39.5 Å². The van der Waals surface area contributed by atoms with Crippen LogP contribution in [0.5, 0.6) is 5.75 Å². The molecule has 1 unspecified atom stereocenters. The lowest BCUT2D eigenvalue weighted by Gasteiger charge is -2.42. The van der Waals surface area contributed by atoms with Gasteiger partial charge in [-0.3, -0.25) is 0 Å². The average molecular weight is 551 g/mol. The Bertz CT molecular complexity index is 1630. The molecule has 0 N–H and O–H groups in total. The van der Waals surface area contributed by atoms with Crippen molar-refractivity contribution in [2.24, 2.45) is 0 Å². The van der Waals surface area contributed by atoms with E-state index in [2.05, 4.69) is 151 Å². The lowest BCUT2D eigenvalue weighted by Crippen LogP contribution is -2.42. The topological polar surface area (TPSA) is 15.7 Å². The van der Waals surface area contributed by atoms with E-state index in [-0.39, 0.29) is 5.54 Å². The molecule has 0 saturated carbocycles. The first kappa shape index (κ1) is 27.4. The number of allylic oxidation sites excluding steroid dienone is 5. The van der Waals surface area contributed by atoms with Crippen molar-refractivity contribution in [3.63, 3.8) is 0 Å². The van der Waals surface area contributed by atoms with Gasteiger partial charge >= 0.3 is 0 Å². The van der Waals surface area contributed by atoms with Crippen LogP contribution in [0.4, 0.5) is 22.7 Å². The maximum atomic E-state index is 5.42. The highest BCUT2D eigenvalue weighted by atomic mass is 16.5. The minimum absolute atomic E-state index is 0.221. The molecule has 0 aromatic heterocycles. The highest BCUT2D eigenvalue weighted by molar-refractivity contribution is 5.80. The highest BCUT2D eigenvalue weighted by Crippen LogP contribution is 2.41. The summed E-state index contributed by atoms with van der Waals surface area (Å²) in [6.07, 6.45) is 14.8. The third kappa shape index (κ3) is 5.69. The Morgan fingerprint density at radius 2 is 1.29 bits per heavy atom. The summed E-state index contributed by atoms with van der Waals surface area (Å²) in [7, 11) is 1.71. The molecule has 2 aliphatic rings. The van der Waals surface area contributed by atoms with Gasteiger partial charge in [0.2, 0.25) is 0 Å².